The summed E-state index contributed by atoms with van der Waals surface area (Å²) >= 11 is 2.66. The first kappa shape index (κ1) is 24.3. The minimum Gasteiger partial charge on any atom is -0.360 e. The van der Waals surface area contributed by atoms with Gasteiger partial charge in [0, 0.05) is 63.7 Å². The van der Waals surface area contributed by atoms with E-state index in [1.54, 1.807) is 5.57 Å². The molecule has 1 fully saturated rings. The van der Waals surface area contributed by atoms with Gasteiger partial charge in [0.05, 0.1) is 0 Å². The molecule has 3 rings (SSSR count). The quantitative estimate of drug-likeness (QED) is 0.230. The van der Waals surface area contributed by atoms with Crippen molar-refractivity contribution in [2.24, 2.45) is 16.7 Å². The Balaban J connectivity index is 0.00000261. The van der Waals surface area contributed by atoms with Gasteiger partial charge in [0.2, 0.25) is 0 Å². The van der Waals surface area contributed by atoms with Crippen molar-refractivity contribution in [2.75, 3.05) is 6.61 Å². The molecule has 1 heterocycles. The van der Waals surface area contributed by atoms with Crippen LogP contribution >= 0.6 is 22.6 Å². The van der Waals surface area contributed by atoms with Crippen LogP contribution in [0.15, 0.2) is 44.6 Å². The number of halogens is 1. The van der Waals surface area contributed by atoms with Gasteiger partial charge in [-0.3, -0.25) is 0 Å². The van der Waals surface area contributed by atoms with Crippen LogP contribution in [0, 0.1) is 57.1 Å². The second-order valence-electron chi connectivity index (χ2n) is 9.62. The van der Waals surface area contributed by atoms with Crippen LogP contribution in [-0.4, -0.2) is 10.2 Å². The van der Waals surface area contributed by atoms with E-state index in [-0.39, 0.29) is 54.8 Å². The molecule has 150 valence electrons. The summed E-state index contributed by atoms with van der Waals surface area (Å²) in [6.45, 7) is 24.2. The van der Waals surface area contributed by atoms with E-state index < -0.39 is 0 Å². The van der Waals surface area contributed by atoms with Crippen LogP contribution in [0.2, 0.25) is 0 Å². The Bertz CT molecular complexity index is 806. The third kappa shape index (κ3) is 3.25. The number of allylic oxidation sites excluding steroid dienone is 6. The molecular weight excluding hydrogens is 582 g/mol. The predicted molar refractivity (Wildman–Crippen MR) is 121 cm³/mol. The molecule has 2 unspecified atom stereocenters. The molecule has 27 heavy (non-hydrogen) atoms. The Labute approximate surface area is 212 Å². The molecule has 0 radical (unpaired) electrons. The minimum atomic E-state index is -0.247. The maximum absolute atomic E-state index is 6.61. The van der Waals surface area contributed by atoms with Crippen LogP contribution < -0.4 is 0 Å². The molecule has 2 atom stereocenters. The monoisotopic (exact) mass is 618 g/mol. The average molecular weight is 617 g/mol. The average Bonchev–Trinajstić information content (AvgIpc) is 3.03. The van der Waals surface area contributed by atoms with Gasteiger partial charge in [-0.1, -0.05) is 44.4 Å². The molecule has 1 nitrogen and oxygen atoms in total. The molecule has 2 aliphatic carbocycles. The molecule has 0 amide bonds. The third-order valence-electron chi connectivity index (χ3n) is 8.06. The summed E-state index contributed by atoms with van der Waals surface area (Å²) in [5, 5.41) is 0. The second-order valence-corrected chi connectivity index (χ2v) is 11.2. The molecule has 0 aromatic rings. The van der Waals surface area contributed by atoms with Gasteiger partial charge in [-0.2, -0.15) is 0 Å². The molecule has 0 N–H and O–H groups in total. The van der Waals surface area contributed by atoms with Gasteiger partial charge in [0.25, 0.3) is 0 Å². The summed E-state index contributed by atoms with van der Waals surface area (Å²) in [5.41, 5.74) is 12.2. The maximum atomic E-state index is 6.61. The fourth-order valence-electron chi connectivity index (χ4n) is 5.78. The zero-order chi connectivity index (χ0) is 19.8. The van der Waals surface area contributed by atoms with E-state index >= 15 is 0 Å². The van der Waals surface area contributed by atoms with E-state index in [1.165, 1.54) is 39.0 Å². The van der Waals surface area contributed by atoms with Crippen LogP contribution in [0.4, 0.5) is 0 Å². The molecule has 0 saturated carbocycles. The number of hydrogen-bond acceptors (Lipinski definition) is 1. The zero-order valence-corrected chi connectivity index (χ0v) is 23.5. The van der Waals surface area contributed by atoms with Crippen LogP contribution in [0.5, 0.6) is 0 Å². The summed E-state index contributed by atoms with van der Waals surface area (Å²) in [4.78, 5) is 0. The summed E-state index contributed by atoms with van der Waals surface area (Å²) in [6.07, 6.45) is 1.12. The molecule has 0 aromatic carbocycles. The maximum Gasteiger partial charge on any atom is 0.148 e. The number of rotatable bonds is 2. The van der Waals surface area contributed by atoms with E-state index in [1.807, 2.05) is 0 Å². The zero-order valence-electron chi connectivity index (χ0n) is 18.7. The van der Waals surface area contributed by atoms with E-state index in [0.29, 0.717) is 5.92 Å². The largest absolute Gasteiger partial charge is 0.360 e. The normalized spacial score (nSPS) is 32.8. The number of hydrogen-bond donors (Lipinski definition) is 0. The molecule has 0 aromatic heterocycles. The summed E-state index contributed by atoms with van der Waals surface area (Å²) in [7, 11) is 0. The van der Waals surface area contributed by atoms with Gasteiger partial charge in [-0.15, -0.1) is 0 Å². The van der Waals surface area contributed by atoms with E-state index in [2.05, 4.69) is 91.8 Å². The van der Waals surface area contributed by atoms with Gasteiger partial charge >= 0.3 is 0 Å². The smallest absolute Gasteiger partial charge is 0.148 e. The van der Waals surface area contributed by atoms with Gasteiger partial charge in [-0.25, -0.2) is 0 Å². The molecule has 3 aliphatic rings. The van der Waals surface area contributed by atoms with Crippen LogP contribution in [0.1, 0.15) is 75.7 Å². The van der Waals surface area contributed by atoms with Gasteiger partial charge in [0.15, 0.2) is 0 Å². The number of ether oxygens (including phenoxy) is 1. The fourth-order valence-corrected chi connectivity index (χ4v) is 7.70. The molecule has 0 spiro atoms. The molecule has 3 heteroatoms. The second kappa shape index (κ2) is 7.59. The molecule has 1 saturated heterocycles. The minimum absolute atomic E-state index is 0. The molecular formula is C24H35IOSm. The Morgan fingerprint density at radius 1 is 0.778 bits per heavy atom. The first-order chi connectivity index (χ1) is 11.8. The van der Waals surface area contributed by atoms with E-state index in [4.69, 9.17) is 4.74 Å². The van der Waals surface area contributed by atoms with Gasteiger partial charge < -0.3 is 4.74 Å². The van der Waals surface area contributed by atoms with Crippen molar-refractivity contribution < 1.29 is 45.1 Å². The van der Waals surface area contributed by atoms with Crippen LogP contribution in [0.3, 0.4) is 0 Å². The SMILES string of the molecule is CC1=C(C)C(C)(C)C(C2CCOC2(I)C2=C(C)C(C)=C(C)C2(C)C)=C1C.[Sm]. The third-order valence-corrected chi connectivity index (χ3v) is 9.66. The number of alkyl halides is 1. The molecule has 1 aliphatic heterocycles. The van der Waals surface area contributed by atoms with Crippen molar-refractivity contribution in [2.45, 2.75) is 79.3 Å². The topological polar surface area (TPSA) is 9.23 Å². The van der Waals surface area contributed by atoms with Gasteiger partial charge in [0.1, 0.15) is 3.61 Å². The molecule has 0 bridgehead atoms. The van der Waals surface area contributed by atoms with Crippen LogP contribution in [-0.2, 0) is 4.74 Å². The summed E-state index contributed by atoms with van der Waals surface area (Å²) in [5.74, 6) is 0.438. The Kier molecular flexibility index (Phi) is 6.82. The van der Waals surface area contributed by atoms with Crippen molar-refractivity contribution >= 4 is 22.6 Å². The standard InChI is InChI=1S/C24H35IO.Sm/c1-13-15(3)20(22(7,8)17(13)5)19-11-12-26-24(19,25)21-16(4)14(2)18(6)23(21,9)10;/h19H,11-12H2,1-10H3;. The first-order valence-electron chi connectivity index (χ1n) is 9.92. The van der Waals surface area contributed by atoms with Crippen LogP contribution in [0.25, 0.3) is 0 Å². The fraction of sp³-hybridized carbons (Fsp3) is 0.667. The first-order valence-corrected chi connectivity index (χ1v) is 11.0. The Morgan fingerprint density at radius 2 is 1.26 bits per heavy atom. The van der Waals surface area contributed by atoms with Crippen molar-refractivity contribution in [3.05, 3.63) is 44.6 Å². The van der Waals surface area contributed by atoms with Crippen molar-refractivity contribution in [3.8, 4) is 0 Å². The van der Waals surface area contributed by atoms with Crippen molar-refractivity contribution in [1.82, 2.24) is 0 Å². The van der Waals surface area contributed by atoms with Crippen molar-refractivity contribution in [1.29, 1.82) is 0 Å². The van der Waals surface area contributed by atoms with Crippen molar-refractivity contribution in [3.63, 3.8) is 0 Å². The summed E-state index contributed by atoms with van der Waals surface area (Å²) in [6, 6.07) is 0. The predicted octanol–water partition coefficient (Wildman–Crippen LogP) is 7.54. The summed E-state index contributed by atoms with van der Waals surface area (Å²) < 4.78 is 6.37. The van der Waals surface area contributed by atoms with Gasteiger partial charge in [-0.05, 0) is 98.4 Å². The van der Waals surface area contributed by atoms with E-state index in [0.717, 1.165) is 13.0 Å². The van der Waals surface area contributed by atoms with E-state index in [9.17, 15) is 0 Å². The Morgan fingerprint density at radius 3 is 1.67 bits per heavy atom. The Hall–Kier alpha value is 0.988.